The fraction of sp³-hybridized carbons (Fsp3) is 0.0714. The van der Waals surface area contributed by atoms with E-state index in [1.807, 2.05) is 6.92 Å². The van der Waals surface area contributed by atoms with Gasteiger partial charge in [0.1, 0.15) is 0 Å². The molecule has 0 spiro atoms. The van der Waals surface area contributed by atoms with Crippen molar-refractivity contribution in [1.82, 2.24) is 0 Å². The molecular formula is C14H10BrClN2O3. The molecule has 108 valence electrons. The second-order valence-electron chi connectivity index (χ2n) is 4.34. The lowest BCUT2D eigenvalue weighted by atomic mass is 10.1. The van der Waals surface area contributed by atoms with E-state index in [1.165, 1.54) is 18.2 Å². The summed E-state index contributed by atoms with van der Waals surface area (Å²) in [5.74, 6) is -0.439. The maximum absolute atomic E-state index is 12.1. The Balaban J connectivity index is 2.26. The van der Waals surface area contributed by atoms with Gasteiger partial charge in [-0.05, 0) is 52.7 Å². The van der Waals surface area contributed by atoms with E-state index in [0.717, 1.165) is 5.56 Å². The molecule has 0 unspecified atom stereocenters. The van der Waals surface area contributed by atoms with Crippen molar-refractivity contribution in [3.05, 3.63) is 67.1 Å². The molecule has 2 aromatic carbocycles. The van der Waals surface area contributed by atoms with Crippen LogP contribution in [-0.4, -0.2) is 10.8 Å². The number of nitro benzene ring substituents is 1. The molecule has 7 heteroatoms. The number of aryl methyl sites for hydroxylation is 1. The molecule has 1 amide bonds. The molecule has 0 aromatic heterocycles. The van der Waals surface area contributed by atoms with Gasteiger partial charge >= 0.3 is 0 Å². The van der Waals surface area contributed by atoms with Crippen molar-refractivity contribution in [2.75, 3.05) is 5.32 Å². The minimum Gasteiger partial charge on any atom is -0.322 e. The van der Waals surface area contributed by atoms with Gasteiger partial charge in [0.05, 0.1) is 9.40 Å². The van der Waals surface area contributed by atoms with E-state index in [-0.39, 0.29) is 11.3 Å². The Bertz CT molecular complexity index is 734. The van der Waals surface area contributed by atoms with E-state index >= 15 is 0 Å². The zero-order valence-corrected chi connectivity index (χ0v) is 13.2. The lowest BCUT2D eigenvalue weighted by Gasteiger charge is -2.07. The van der Waals surface area contributed by atoms with Crippen molar-refractivity contribution in [1.29, 1.82) is 0 Å². The average Bonchev–Trinajstić information content (AvgIpc) is 2.43. The maximum Gasteiger partial charge on any atom is 0.284 e. The van der Waals surface area contributed by atoms with E-state index in [1.54, 1.807) is 18.2 Å². The molecule has 0 bridgehead atoms. The predicted molar refractivity (Wildman–Crippen MR) is 84.9 cm³/mol. The molecule has 0 fully saturated rings. The summed E-state index contributed by atoms with van der Waals surface area (Å²) in [5, 5.41) is 14.1. The van der Waals surface area contributed by atoms with Crippen LogP contribution < -0.4 is 5.32 Å². The van der Waals surface area contributed by atoms with Crippen LogP contribution in [0.4, 0.5) is 11.4 Å². The van der Waals surface area contributed by atoms with Gasteiger partial charge in [-0.3, -0.25) is 14.9 Å². The van der Waals surface area contributed by atoms with Gasteiger partial charge < -0.3 is 5.32 Å². The highest BCUT2D eigenvalue weighted by Crippen LogP contribution is 2.26. The zero-order chi connectivity index (χ0) is 15.6. The predicted octanol–water partition coefficient (Wildman–Crippen LogP) is 4.57. The van der Waals surface area contributed by atoms with Crippen molar-refractivity contribution in [2.24, 2.45) is 0 Å². The standard InChI is InChI=1S/C14H10BrClN2O3/c1-8-2-4-10(7-12(8)16)17-14(19)9-3-5-11(15)13(6-9)18(20)21/h2-7H,1H3,(H,17,19). The molecule has 0 radical (unpaired) electrons. The number of anilines is 1. The molecule has 1 N–H and O–H groups in total. The summed E-state index contributed by atoms with van der Waals surface area (Å²) in [6.07, 6.45) is 0. The second kappa shape index (κ2) is 6.24. The monoisotopic (exact) mass is 368 g/mol. The van der Waals surface area contributed by atoms with E-state index in [9.17, 15) is 14.9 Å². The molecule has 2 rings (SSSR count). The van der Waals surface area contributed by atoms with Gasteiger partial charge in [-0.25, -0.2) is 0 Å². The lowest BCUT2D eigenvalue weighted by molar-refractivity contribution is -0.385. The van der Waals surface area contributed by atoms with Gasteiger partial charge in [0, 0.05) is 22.3 Å². The van der Waals surface area contributed by atoms with Gasteiger partial charge in [0.15, 0.2) is 0 Å². The van der Waals surface area contributed by atoms with Gasteiger partial charge in [-0.15, -0.1) is 0 Å². The average molecular weight is 370 g/mol. The number of amides is 1. The molecule has 0 saturated heterocycles. The summed E-state index contributed by atoms with van der Waals surface area (Å²) in [7, 11) is 0. The first kappa shape index (κ1) is 15.5. The Morgan fingerprint density at radius 2 is 2.00 bits per heavy atom. The summed E-state index contributed by atoms with van der Waals surface area (Å²) < 4.78 is 0.322. The molecule has 0 saturated carbocycles. The van der Waals surface area contributed by atoms with Crippen LogP contribution in [0.3, 0.4) is 0 Å². The third-order valence-electron chi connectivity index (χ3n) is 2.83. The Morgan fingerprint density at radius 1 is 1.29 bits per heavy atom. The second-order valence-corrected chi connectivity index (χ2v) is 5.60. The molecule has 5 nitrogen and oxygen atoms in total. The number of rotatable bonds is 3. The summed E-state index contributed by atoms with van der Waals surface area (Å²) >= 11 is 9.06. The Labute approximate surface area is 134 Å². The Hall–Kier alpha value is -1.92. The molecule has 0 aliphatic carbocycles. The van der Waals surface area contributed by atoms with Gasteiger partial charge in [-0.2, -0.15) is 0 Å². The van der Waals surface area contributed by atoms with E-state index in [2.05, 4.69) is 21.2 Å². The highest BCUT2D eigenvalue weighted by atomic mass is 79.9. The number of benzene rings is 2. The molecular weight excluding hydrogens is 360 g/mol. The Morgan fingerprint density at radius 3 is 2.62 bits per heavy atom. The number of nitro groups is 1. The molecule has 0 aliphatic heterocycles. The number of nitrogens with zero attached hydrogens (tertiary/aromatic N) is 1. The van der Waals surface area contributed by atoms with Crippen LogP contribution in [-0.2, 0) is 0 Å². The fourth-order valence-electron chi connectivity index (χ4n) is 1.67. The normalized spacial score (nSPS) is 10.2. The minimum atomic E-state index is -0.552. The number of hydrogen-bond donors (Lipinski definition) is 1. The van der Waals surface area contributed by atoms with Gasteiger partial charge in [-0.1, -0.05) is 17.7 Å². The SMILES string of the molecule is Cc1ccc(NC(=O)c2ccc(Br)c([N+](=O)[O-])c2)cc1Cl. The first-order valence-corrected chi connectivity index (χ1v) is 7.07. The van der Waals surface area contributed by atoms with Crippen LogP contribution in [0, 0.1) is 17.0 Å². The van der Waals surface area contributed by atoms with Crippen LogP contribution in [0.15, 0.2) is 40.9 Å². The third kappa shape index (κ3) is 3.59. The molecule has 0 heterocycles. The summed E-state index contributed by atoms with van der Waals surface area (Å²) in [5.41, 5.74) is 1.46. The van der Waals surface area contributed by atoms with E-state index < -0.39 is 10.8 Å². The highest BCUT2D eigenvalue weighted by Gasteiger charge is 2.16. The summed E-state index contributed by atoms with van der Waals surface area (Å²) in [6, 6.07) is 9.31. The first-order chi connectivity index (χ1) is 9.88. The lowest BCUT2D eigenvalue weighted by Crippen LogP contribution is -2.12. The largest absolute Gasteiger partial charge is 0.322 e. The van der Waals surface area contributed by atoms with Crippen LogP contribution in [0.5, 0.6) is 0 Å². The molecule has 0 atom stereocenters. The Kier molecular flexibility index (Phi) is 4.59. The van der Waals surface area contributed by atoms with Crippen molar-refractivity contribution in [3.63, 3.8) is 0 Å². The fourth-order valence-corrected chi connectivity index (χ4v) is 2.24. The molecule has 0 aliphatic rings. The molecule has 21 heavy (non-hydrogen) atoms. The number of carbonyl (C=O) groups is 1. The molecule has 2 aromatic rings. The van der Waals surface area contributed by atoms with Crippen LogP contribution in [0.25, 0.3) is 0 Å². The minimum absolute atomic E-state index is 0.162. The first-order valence-electron chi connectivity index (χ1n) is 5.90. The maximum atomic E-state index is 12.1. The highest BCUT2D eigenvalue weighted by molar-refractivity contribution is 9.10. The number of carbonyl (C=O) groups excluding carboxylic acids is 1. The number of nitrogens with one attached hydrogen (secondary N) is 1. The van der Waals surface area contributed by atoms with Crippen molar-refractivity contribution < 1.29 is 9.72 Å². The van der Waals surface area contributed by atoms with E-state index in [0.29, 0.717) is 15.2 Å². The van der Waals surface area contributed by atoms with E-state index in [4.69, 9.17) is 11.6 Å². The summed E-state index contributed by atoms with van der Waals surface area (Å²) in [4.78, 5) is 22.4. The van der Waals surface area contributed by atoms with Crippen LogP contribution in [0.1, 0.15) is 15.9 Å². The number of halogens is 2. The van der Waals surface area contributed by atoms with Crippen molar-refractivity contribution >= 4 is 44.8 Å². The van der Waals surface area contributed by atoms with Crippen LogP contribution >= 0.6 is 27.5 Å². The van der Waals surface area contributed by atoms with Crippen LogP contribution in [0.2, 0.25) is 5.02 Å². The zero-order valence-electron chi connectivity index (χ0n) is 10.9. The topological polar surface area (TPSA) is 72.2 Å². The van der Waals surface area contributed by atoms with Gasteiger partial charge in [0.2, 0.25) is 0 Å². The third-order valence-corrected chi connectivity index (χ3v) is 3.91. The quantitative estimate of drug-likeness (QED) is 0.636. The summed E-state index contributed by atoms with van der Waals surface area (Å²) in [6.45, 7) is 1.85. The van der Waals surface area contributed by atoms with Crippen molar-refractivity contribution in [3.8, 4) is 0 Å². The smallest absolute Gasteiger partial charge is 0.284 e. The van der Waals surface area contributed by atoms with Crippen molar-refractivity contribution in [2.45, 2.75) is 6.92 Å². The van der Waals surface area contributed by atoms with Gasteiger partial charge in [0.25, 0.3) is 11.6 Å². The number of hydrogen-bond acceptors (Lipinski definition) is 3.